The van der Waals surface area contributed by atoms with E-state index in [1.54, 1.807) is 23.6 Å². The normalized spacial score (nSPS) is 15.3. The monoisotopic (exact) mass is 536 g/mol. The summed E-state index contributed by atoms with van der Waals surface area (Å²) in [7, 11) is 2.99. The summed E-state index contributed by atoms with van der Waals surface area (Å²) in [4.78, 5) is 27.6. The van der Waals surface area contributed by atoms with Crippen molar-refractivity contribution in [3.8, 4) is 22.9 Å². The van der Waals surface area contributed by atoms with E-state index in [2.05, 4.69) is 20.3 Å². The fourth-order valence-electron chi connectivity index (χ4n) is 4.56. The van der Waals surface area contributed by atoms with Crippen molar-refractivity contribution in [2.45, 2.75) is 45.5 Å². The van der Waals surface area contributed by atoms with Crippen LogP contribution in [0.3, 0.4) is 0 Å². The number of nitrogens with zero attached hydrogens (tertiary/aromatic N) is 5. The maximum atomic E-state index is 13.8. The molecule has 0 aromatic carbocycles. The average molecular weight is 537 g/mol. The fourth-order valence-corrected chi connectivity index (χ4v) is 4.56. The molecule has 4 rings (SSSR count). The van der Waals surface area contributed by atoms with Gasteiger partial charge < -0.3 is 28.8 Å². The van der Waals surface area contributed by atoms with Crippen LogP contribution in [0.25, 0.3) is 16.9 Å². The lowest BCUT2D eigenvalue weighted by Crippen LogP contribution is -2.54. The molecular weight excluding hydrogens is 505 g/mol. The van der Waals surface area contributed by atoms with Crippen molar-refractivity contribution in [1.29, 1.82) is 0 Å². The van der Waals surface area contributed by atoms with E-state index in [9.17, 15) is 18.0 Å². The molecule has 2 amide bonds. The Kier molecular flexibility index (Phi) is 8.24. The molecule has 3 aromatic rings. The summed E-state index contributed by atoms with van der Waals surface area (Å²) in [6, 6.07) is -1.06. The van der Waals surface area contributed by atoms with Gasteiger partial charge in [-0.2, -0.15) is 13.2 Å². The molecule has 13 heteroatoms. The Balaban J connectivity index is 1.60. The number of aromatic nitrogens is 4. The van der Waals surface area contributed by atoms with Gasteiger partial charge in [-0.1, -0.05) is 0 Å². The van der Waals surface area contributed by atoms with Crippen molar-refractivity contribution in [3.63, 3.8) is 0 Å². The van der Waals surface area contributed by atoms with Gasteiger partial charge in [0.15, 0.2) is 0 Å². The van der Waals surface area contributed by atoms with E-state index in [1.807, 2.05) is 13.1 Å². The van der Waals surface area contributed by atoms with Gasteiger partial charge in [-0.3, -0.25) is 4.98 Å². The molecule has 1 aliphatic heterocycles. The molecular formula is C25H31F3N6O4. The summed E-state index contributed by atoms with van der Waals surface area (Å²) in [5.74, 6) is 0.0143. The Hall–Kier alpha value is -3.61. The highest BCUT2D eigenvalue weighted by Crippen LogP contribution is 2.33. The highest BCUT2D eigenvalue weighted by Gasteiger charge is 2.46. The quantitative estimate of drug-likeness (QED) is 0.464. The number of ether oxygens (including phenoxy) is 3. The van der Waals surface area contributed by atoms with E-state index in [1.165, 1.54) is 25.3 Å². The lowest BCUT2D eigenvalue weighted by molar-refractivity contribution is -0.171. The van der Waals surface area contributed by atoms with Gasteiger partial charge in [0.1, 0.15) is 11.8 Å². The molecule has 1 unspecified atom stereocenters. The maximum absolute atomic E-state index is 13.8. The number of carbonyl (C=O) groups is 1. The number of carbonyl (C=O) groups excluding carboxylic acids is 1. The van der Waals surface area contributed by atoms with Crippen LogP contribution in [0.5, 0.6) is 11.6 Å². The third-order valence-corrected chi connectivity index (χ3v) is 6.53. The van der Waals surface area contributed by atoms with Crippen molar-refractivity contribution >= 4 is 11.7 Å². The zero-order valence-electron chi connectivity index (χ0n) is 21.7. The topological polar surface area (TPSA) is 103 Å². The van der Waals surface area contributed by atoms with Gasteiger partial charge >= 0.3 is 12.2 Å². The van der Waals surface area contributed by atoms with E-state index in [4.69, 9.17) is 14.2 Å². The van der Waals surface area contributed by atoms with Gasteiger partial charge in [0.05, 0.1) is 44.0 Å². The van der Waals surface area contributed by atoms with Gasteiger partial charge in [0.25, 0.3) is 5.88 Å². The van der Waals surface area contributed by atoms with Crippen molar-refractivity contribution < 1.29 is 32.2 Å². The molecule has 10 nitrogen and oxygen atoms in total. The summed E-state index contributed by atoms with van der Waals surface area (Å²) in [6.45, 7) is 4.20. The molecule has 1 saturated heterocycles. The first kappa shape index (κ1) is 27.4. The minimum Gasteiger partial charge on any atom is -0.494 e. The van der Waals surface area contributed by atoms with Crippen LogP contribution in [-0.4, -0.2) is 76.5 Å². The van der Waals surface area contributed by atoms with Crippen LogP contribution in [-0.2, 0) is 11.3 Å². The van der Waals surface area contributed by atoms with Crippen LogP contribution in [0.2, 0.25) is 0 Å². The second kappa shape index (κ2) is 11.4. The molecule has 1 aliphatic rings. The second-order valence-corrected chi connectivity index (χ2v) is 9.06. The Morgan fingerprint density at radius 1 is 1.24 bits per heavy atom. The number of halogens is 3. The van der Waals surface area contributed by atoms with Crippen LogP contribution in [0, 0.1) is 12.8 Å². The standard InChI is InChI=1S/C25H31F3N6O4/c1-5-33(24(35)32-21(25(26,27)28)16-6-8-38-9-7-16)13-17-10-18(20(36-3)11-29-17)19-14-34-12-15(2)30-22(34)23(31-19)37-4/h10-12,14,16,21H,5-9,13H2,1-4H3,(H,32,35). The van der Waals surface area contributed by atoms with Gasteiger partial charge in [-0.25, -0.2) is 14.8 Å². The third-order valence-electron chi connectivity index (χ3n) is 6.53. The molecule has 206 valence electrons. The first-order valence-electron chi connectivity index (χ1n) is 12.3. The first-order chi connectivity index (χ1) is 18.1. The van der Waals surface area contributed by atoms with E-state index in [0.29, 0.717) is 34.2 Å². The van der Waals surface area contributed by atoms with Gasteiger partial charge in [-0.05, 0) is 38.7 Å². The SMILES string of the molecule is CCN(Cc1cc(-c2cn3cc(C)nc3c(OC)n2)c(OC)cn1)C(=O)NC(C1CCOCC1)C(F)(F)F. The molecule has 0 spiro atoms. The van der Waals surface area contributed by atoms with Crippen molar-refractivity contribution in [2.75, 3.05) is 34.0 Å². The molecule has 4 heterocycles. The Morgan fingerprint density at radius 2 is 1.97 bits per heavy atom. The summed E-state index contributed by atoms with van der Waals surface area (Å²) < 4.78 is 59.4. The number of methoxy groups -OCH3 is 2. The number of hydrogen-bond acceptors (Lipinski definition) is 7. The minimum absolute atomic E-state index is 0.0127. The van der Waals surface area contributed by atoms with Gasteiger partial charge in [-0.15, -0.1) is 0 Å². The van der Waals surface area contributed by atoms with E-state index in [-0.39, 0.29) is 39.1 Å². The van der Waals surface area contributed by atoms with Crippen LogP contribution in [0.4, 0.5) is 18.0 Å². The average Bonchev–Trinajstić information content (AvgIpc) is 3.29. The molecule has 0 bridgehead atoms. The van der Waals surface area contributed by atoms with Crippen LogP contribution in [0.15, 0.2) is 24.7 Å². The number of hydrogen-bond donors (Lipinski definition) is 1. The van der Waals surface area contributed by atoms with Gasteiger partial charge in [0, 0.05) is 37.7 Å². The molecule has 1 atom stereocenters. The number of fused-ring (bicyclic) bond motifs is 1. The smallest absolute Gasteiger partial charge is 0.408 e. The number of pyridine rings is 1. The van der Waals surface area contributed by atoms with Crippen molar-refractivity contribution in [3.05, 3.63) is 36.0 Å². The van der Waals surface area contributed by atoms with Crippen molar-refractivity contribution in [2.24, 2.45) is 5.92 Å². The summed E-state index contributed by atoms with van der Waals surface area (Å²) >= 11 is 0. The molecule has 0 saturated carbocycles. The fraction of sp³-hybridized carbons (Fsp3) is 0.520. The molecule has 38 heavy (non-hydrogen) atoms. The number of rotatable bonds is 8. The zero-order valence-corrected chi connectivity index (χ0v) is 21.7. The number of urea groups is 1. The number of imidazole rings is 1. The van der Waals surface area contributed by atoms with E-state index >= 15 is 0 Å². The minimum atomic E-state index is -4.57. The first-order valence-corrected chi connectivity index (χ1v) is 12.3. The lowest BCUT2D eigenvalue weighted by atomic mass is 9.91. The predicted octanol–water partition coefficient (Wildman–Crippen LogP) is 4.01. The van der Waals surface area contributed by atoms with E-state index in [0.717, 1.165) is 5.69 Å². The number of aryl methyl sites for hydroxylation is 1. The maximum Gasteiger partial charge on any atom is 0.408 e. The molecule has 0 aliphatic carbocycles. The van der Waals surface area contributed by atoms with Crippen LogP contribution >= 0.6 is 0 Å². The number of amides is 2. The highest BCUT2D eigenvalue weighted by molar-refractivity contribution is 5.75. The lowest BCUT2D eigenvalue weighted by Gasteiger charge is -2.34. The second-order valence-electron chi connectivity index (χ2n) is 9.06. The molecule has 3 aromatic heterocycles. The molecule has 0 radical (unpaired) electrons. The summed E-state index contributed by atoms with van der Waals surface area (Å²) in [5.41, 5.74) is 2.88. The summed E-state index contributed by atoms with van der Waals surface area (Å²) in [5, 5.41) is 2.22. The number of nitrogens with one attached hydrogen (secondary N) is 1. The Labute approximate surface area is 218 Å². The largest absolute Gasteiger partial charge is 0.494 e. The van der Waals surface area contributed by atoms with Crippen molar-refractivity contribution in [1.82, 2.24) is 29.6 Å². The van der Waals surface area contributed by atoms with Crippen LogP contribution in [0.1, 0.15) is 31.2 Å². The van der Waals surface area contributed by atoms with E-state index < -0.39 is 24.2 Å². The Morgan fingerprint density at radius 3 is 2.61 bits per heavy atom. The predicted molar refractivity (Wildman–Crippen MR) is 132 cm³/mol. The highest BCUT2D eigenvalue weighted by atomic mass is 19.4. The van der Waals surface area contributed by atoms with Gasteiger partial charge in [0.2, 0.25) is 5.65 Å². The molecule has 1 N–H and O–H groups in total. The molecule has 1 fully saturated rings. The zero-order chi connectivity index (χ0) is 27.4. The Bertz CT molecular complexity index is 1280. The third kappa shape index (κ3) is 5.93. The van der Waals surface area contributed by atoms with Crippen LogP contribution < -0.4 is 14.8 Å². The number of alkyl halides is 3. The summed E-state index contributed by atoms with van der Waals surface area (Å²) in [6.07, 6.45) is 0.989.